The molecule has 1 aliphatic heterocycles. The van der Waals surface area contributed by atoms with Crippen LogP contribution in [0, 0.1) is 35.0 Å². The van der Waals surface area contributed by atoms with E-state index in [2.05, 4.69) is 39.4 Å². The number of nitrogens with zero attached hydrogens (tertiary/aromatic N) is 6. The van der Waals surface area contributed by atoms with Crippen LogP contribution in [0.15, 0.2) is 103 Å². The third-order valence-electron chi connectivity index (χ3n) is 20.4. The number of amides is 6. The number of thiazole rings is 1. The fraction of sp³-hybridized carbons (Fsp3) is 0.467. The largest absolute Gasteiger partial charge is 0.476 e. The quantitative estimate of drug-likeness (QED) is 0.0122. The number of hydrogen-bond donors (Lipinski definition) is 6. The molecule has 0 radical (unpaired) electrons. The number of Topliss-reactive ketones (excluding diaryl/α,β-unsaturated/α-hetero) is 2. The molecule has 6 amide bonds. The number of anilines is 1. The van der Waals surface area contributed by atoms with Gasteiger partial charge in [0.1, 0.15) is 12.4 Å². The van der Waals surface area contributed by atoms with Crippen molar-refractivity contribution in [1.82, 2.24) is 39.8 Å². The van der Waals surface area contributed by atoms with E-state index in [0.29, 0.717) is 94.9 Å². The number of pyridine rings is 1. The highest BCUT2D eigenvalue weighted by Crippen LogP contribution is 2.72. The number of aromatic carboxylic acids is 1. The number of imide groups is 1. The summed E-state index contributed by atoms with van der Waals surface area (Å²) in [5, 5.41) is 22.6. The first kappa shape index (κ1) is 73.9. The van der Waals surface area contributed by atoms with Crippen molar-refractivity contribution in [2.24, 2.45) is 33.8 Å². The molecule has 27 heteroatoms. The molecule has 4 bridgehead atoms. The maximum absolute atomic E-state index is 14.0. The number of hydrogen-bond acceptors (Lipinski definition) is 17. The molecule has 540 valence electrons. The minimum Gasteiger partial charge on any atom is -0.476 e. The number of H-pyrrole nitrogens is 1. The number of aromatic nitrogens is 5. The van der Waals surface area contributed by atoms with Crippen molar-refractivity contribution in [2.75, 3.05) is 37.3 Å². The summed E-state index contributed by atoms with van der Waals surface area (Å²) in [5.74, 6) is -5.36. The molecule has 25 nitrogen and oxygen atoms in total. The van der Waals surface area contributed by atoms with Crippen molar-refractivity contribution in [2.45, 2.75) is 162 Å². The number of nitrogens with two attached hydrogens (primary N) is 1. The number of carbonyl (C=O) groups is 9. The molecule has 3 aromatic carbocycles. The molecule has 7 aromatic rings. The number of ketones is 2. The highest BCUT2D eigenvalue weighted by molar-refractivity contribution is 7.85. The van der Waals surface area contributed by atoms with Gasteiger partial charge in [-0.15, -0.1) is 0 Å². The van der Waals surface area contributed by atoms with Gasteiger partial charge in [0.15, 0.2) is 16.6 Å². The van der Waals surface area contributed by atoms with Crippen LogP contribution in [-0.2, 0) is 67.9 Å². The Morgan fingerprint density at radius 2 is 1.53 bits per heavy atom. The van der Waals surface area contributed by atoms with Crippen molar-refractivity contribution in [3.63, 3.8) is 0 Å². The number of benzene rings is 3. The van der Waals surface area contributed by atoms with Crippen molar-refractivity contribution < 1.29 is 70.7 Å². The molecule has 5 heterocycles. The van der Waals surface area contributed by atoms with Gasteiger partial charge in [-0.3, -0.25) is 53.0 Å². The van der Waals surface area contributed by atoms with E-state index in [1.165, 1.54) is 28.4 Å². The van der Waals surface area contributed by atoms with E-state index in [9.17, 15) is 61.2 Å². The third-order valence-corrected chi connectivity index (χ3v) is 22.1. The summed E-state index contributed by atoms with van der Waals surface area (Å²) in [4.78, 5) is 132. The van der Waals surface area contributed by atoms with Crippen LogP contribution >= 0.6 is 11.3 Å². The fourth-order valence-electron chi connectivity index (χ4n) is 16.7. The number of unbranched alkanes of at least 4 members (excludes halogenated alkanes) is 3. The number of aromatic amines is 1. The molecular formula is C75H88N10O15S2. The van der Waals surface area contributed by atoms with Gasteiger partial charge in [0, 0.05) is 92.1 Å². The first-order valence-electron chi connectivity index (χ1n) is 34.8. The number of carboxylic acid groups (broad SMARTS) is 1. The Labute approximate surface area is 595 Å². The molecule has 4 aliphatic carbocycles. The van der Waals surface area contributed by atoms with E-state index in [1.54, 1.807) is 54.7 Å². The topological polar surface area (TPSA) is 363 Å². The van der Waals surface area contributed by atoms with Crippen molar-refractivity contribution in [3.8, 4) is 22.5 Å². The van der Waals surface area contributed by atoms with Crippen molar-refractivity contribution >= 4 is 101 Å². The van der Waals surface area contributed by atoms with Gasteiger partial charge in [0.25, 0.3) is 27.8 Å². The molecule has 0 spiro atoms. The number of carboxylic acids is 1. The Balaban J connectivity index is 0.703. The maximum atomic E-state index is 14.0. The summed E-state index contributed by atoms with van der Waals surface area (Å²) in [7, 11) is -4.50. The number of primary amides is 1. The lowest BCUT2D eigenvalue weighted by atomic mass is 9.39. The van der Waals surface area contributed by atoms with Crippen LogP contribution in [0.3, 0.4) is 0 Å². The zero-order chi connectivity index (χ0) is 72.9. The number of ether oxygens (including phenoxy) is 2. The van der Waals surface area contributed by atoms with Crippen LogP contribution in [0.4, 0.5) is 9.93 Å². The normalized spacial score (nSPS) is 20.5. The molecule has 7 N–H and O–H groups in total. The Kier molecular flexibility index (Phi) is 22.3. The molecule has 102 heavy (non-hydrogen) atoms. The summed E-state index contributed by atoms with van der Waals surface area (Å²) in [5.41, 5.74) is 9.63. The van der Waals surface area contributed by atoms with Crippen LogP contribution in [0.1, 0.15) is 162 Å². The Morgan fingerprint density at radius 3 is 2.23 bits per heavy atom. The monoisotopic (exact) mass is 1430 g/mol. The van der Waals surface area contributed by atoms with E-state index in [4.69, 9.17) is 20.3 Å². The van der Waals surface area contributed by atoms with Crippen LogP contribution in [-0.4, -0.2) is 149 Å². The van der Waals surface area contributed by atoms with E-state index in [-0.39, 0.29) is 122 Å². The van der Waals surface area contributed by atoms with Gasteiger partial charge >= 0.3 is 12.1 Å². The van der Waals surface area contributed by atoms with E-state index in [0.717, 1.165) is 58.3 Å². The minimum absolute atomic E-state index is 0.0361. The molecule has 5 aliphatic rings. The van der Waals surface area contributed by atoms with Gasteiger partial charge in [-0.2, -0.15) is 13.5 Å². The van der Waals surface area contributed by atoms with Gasteiger partial charge in [0.05, 0.1) is 62.9 Å². The zero-order valence-electron chi connectivity index (χ0n) is 58.1. The predicted molar refractivity (Wildman–Crippen MR) is 382 cm³/mol. The van der Waals surface area contributed by atoms with Crippen LogP contribution in [0.25, 0.3) is 43.6 Å². The average Bonchev–Trinajstić information content (AvgIpc) is 0.716. The summed E-state index contributed by atoms with van der Waals surface area (Å²) in [6.45, 7) is 10.3. The molecule has 2 unspecified atom stereocenters. The maximum Gasteiger partial charge on any atom is 0.410 e. The number of carbonyl (C=O) groups excluding carboxylic acids is 8. The molecule has 4 aromatic heterocycles. The summed E-state index contributed by atoms with van der Waals surface area (Å²) in [6, 6.07) is 24.1. The lowest BCUT2D eigenvalue weighted by molar-refractivity contribution is -0.248. The Hall–Kier alpha value is -9.31. The Bertz CT molecular complexity index is 4470. The first-order chi connectivity index (χ1) is 48.5. The number of nitrogens with one attached hydrogen (secondary N) is 3. The second-order valence-corrected chi connectivity index (χ2v) is 32.0. The van der Waals surface area contributed by atoms with E-state index >= 15 is 0 Å². The second kappa shape index (κ2) is 30.7. The number of para-hydroxylation sites is 2. The molecule has 0 saturated heterocycles. The molecule has 12 rings (SSSR count). The molecular weight excluding hydrogens is 1350 g/mol. The standard InChI is InChI=1S/C75H88N10O15S2/c1-46(2)54(36-51(86)15-7-6-12-29-84-63(89)27-28-64(84)90)68(92)80-57(17-9-11-20-62(76)88)60(87)34-48-21-23-49(24-22-48)38-99-71(95)83(31-33-102(96,97)98)30-32-100-75-42-72(4)39-73(5,43-75)41-74(40-72,44-75)45-85-47(3)55(37-77-85)52-25-26-56(78-66(52)69(93)94)59-35-50-14-13-16-53(65(50)79-59)67(91)82-70-81-58-18-8-10-19-61(58)101-70/h8,10,13-14,16,18-19,21-28,35,37,46,54,57,79H,6-7,9,11-12,15,17,20,29-34,36,38-45H2,1-5H3,(H2,76,88)(H,80,92)(H,93,94)(H,81,82,91)(H,96,97,98)/t54-,57-,72?,73?,74?,75?/m0/s1. The summed E-state index contributed by atoms with van der Waals surface area (Å²) >= 11 is 1.37. The van der Waals surface area contributed by atoms with Gasteiger partial charge in [-0.25, -0.2) is 19.6 Å². The molecule has 4 fully saturated rings. The van der Waals surface area contributed by atoms with Gasteiger partial charge in [-0.1, -0.05) is 100 Å². The van der Waals surface area contributed by atoms with Crippen molar-refractivity contribution in [3.05, 3.63) is 131 Å². The second-order valence-electron chi connectivity index (χ2n) is 29.4. The zero-order valence-corrected chi connectivity index (χ0v) is 59.7. The number of fused-ring (bicyclic) bond motifs is 2. The smallest absolute Gasteiger partial charge is 0.410 e. The SMILES string of the molecule is Cc1c(-c2ccc(-c3cc4cccc(C(=O)Nc5nc6ccccc6s5)c4[nH]3)nc2C(=O)O)cnn1CC12CC3(C)CC(C)(C1)CC(OCCN(CCS(=O)(=O)O)C(=O)OCc1ccc(CC(=O)[C@H](CCCCC(N)=O)NC(=O)[C@@H](CC(=O)CCCCCN4C(=O)C=CC4=O)C(C)C)cc1)(C3)C2. The van der Waals surface area contributed by atoms with Crippen LogP contribution in [0.5, 0.6) is 0 Å². The molecule has 4 saturated carbocycles. The van der Waals surface area contributed by atoms with Crippen LogP contribution in [0.2, 0.25) is 0 Å². The van der Waals surface area contributed by atoms with Gasteiger partial charge in [-0.05, 0) is 141 Å². The van der Waals surface area contributed by atoms with Crippen LogP contribution < -0.4 is 16.4 Å². The van der Waals surface area contributed by atoms with E-state index < -0.39 is 57.3 Å². The predicted octanol–water partition coefficient (Wildman–Crippen LogP) is 11.0. The summed E-state index contributed by atoms with van der Waals surface area (Å²) < 4.78 is 49.7. The van der Waals surface area contributed by atoms with Crippen molar-refractivity contribution in [1.29, 1.82) is 0 Å². The fourth-order valence-corrected chi connectivity index (χ4v) is 18.1. The lowest BCUT2D eigenvalue weighted by Gasteiger charge is -2.69. The van der Waals surface area contributed by atoms with Gasteiger partial charge < -0.3 is 35.5 Å². The third kappa shape index (κ3) is 17.8. The highest BCUT2D eigenvalue weighted by atomic mass is 32.2. The van der Waals surface area contributed by atoms with E-state index in [1.807, 2.05) is 61.9 Å². The molecule has 4 atom stereocenters. The average molecular weight is 1430 g/mol. The van der Waals surface area contributed by atoms with Gasteiger partial charge in [0.2, 0.25) is 11.8 Å². The number of rotatable bonds is 35. The summed E-state index contributed by atoms with van der Waals surface area (Å²) in [6.07, 6.45) is 11.2. The lowest BCUT2D eigenvalue weighted by Crippen LogP contribution is -2.64. The minimum atomic E-state index is -4.50. The first-order valence-corrected chi connectivity index (χ1v) is 37.2. The highest BCUT2D eigenvalue weighted by Gasteiger charge is 2.66. The Morgan fingerprint density at radius 1 is 0.814 bits per heavy atom.